The summed E-state index contributed by atoms with van der Waals surface area (Å²) < 4.78 is 1.02. The number of hydrogen-bond acceptors (Lipinski definition) is 3. The van der Waals surface area contributed by atoms with E-state index in [-0.39, 0.29) is 0 Å². The van der Waals surface area contributed by atoms with E-state index in [0.717, 1.165) is 40.7 Å². The Labute approximate surface area is 112 Å². The topological polar surface area (TPSA) is 37.8 Å². The first-order valence-corrected chi connectivity index (χ1v) is 7.21. The quantitative estimate of drug-likeness (QED) is 0.899. The summed E-state index contributed by atoms with van der Waals surface area (Å²) in [6, 6.07) is 0. The van der Waals surface area contributed by atoms with Gasteiger partial charge in [0.25, 0.3) is 0 Å². The fourth-order valence-corrected chi connectivity index (χ4v) is 2.63. The van der Waals surface area contributed by atoms with Gasteiger partial charge in [0.1, 0.15) is 11.6 Å². The molecule has 1 aliphatic carbocycles. The van der Waals surface area contributed by atoms with Gasteiger partial charge in [-0.05, 0) is 47.5 Å². The predicted molar refractivity (Wildman–Crippen MR) is 74.4 cm³/mol. The molecule has 0 aliphatic heterocycles. The van der Waals surface area contributed by atoms with Gasteiger partial charge in [-0.1, -0.05) is 13.8 Å². The molecule has 17 heavy (non-hydrogen) atoms. The van der Waals surface area contributed by atoms with Crippen LogP contribution < -0.4 is 5.32 Å². The monoisotopic (exact) mass is 297 g/mol. The Bertz CT molecular complexity index is 400. The molecule has 2 rings (SSSR count). The first-order chi connectivity index (χ1) is 8.11. The summed E-state index contributed by atoms with van der Waals surface area (Å²) in [6.45, 7) is 7.31. The van der Waals surface area contributed by atoms with Crippen molar-refractivity contribution in [1.29, 1.82) is 0 Å². The number of anilines is 1. The second-order valence-corrected chi connectivity index (χ2v) is 5.81. The van der Waals surface area contributed by atoms with Gasteiger partial charge in [0, 0.05) is 13.0 Å². The molecule has 1 heterocycles. The molecule has 0 spiro atoms. The number of rotatable bonds is 5. The van der Waals surface area contributed by atoms with E-state index in [9.17, 15) is 0 Å². The standard InChI is InChI=1S/C13H20BrN3/c1-4-15-13-11(14)12(8(2)3)16-10(17-13)7-9-5-6-9/h8-9H,4-7H2,1-3H3,(H,15,16,17). The number of aromatic nitrogens is 2. The summed E-state index contributed by atoms with van der Waals surface area (Å²) in [5.41, 5.74) is 1.12. The molecule has 1 aliphatic rings. The molecule has 4 heteroatoms. The number of nitrogens with one attached hydrogen (secondary N) is 1. The zero-order chi connectivity index (χ0) is 12.4. The highest BCUT2D eigenvalue weighted by Gasteiger charge is 2.24. The summed E-state index contributed by atoms with van der Waals surface area (Å²) in [7, 11) is 0. The van der Waals surface area contributed by atoms with E-state index >= 15 is 0 Å². The highest BCUT2D eigenvalue weighted by atomic mass is 79.9. The van der Waals surface area contributed by atoms with Crippen LogP contribution in [0.3, 0.4) is 0 Å². The van der Waals surface area contributed by atoms with E-state index in [1.807, 2.05) is 0 Å². The zero-order valence-electron chi connectivity index (χ0n) is 10.8. The fourth-order valence-electron chi connectivity index (χ4n) is 1.85. The van der Waals surface area contributed by atoms with Gasteiger partial charge < -0.3 is 5.32 Å². The van der Waals surface area contributed by atoms with Gasteiger partial charge in [-0.15, -0.1) is 0 Å². The van der Waals surface area contributed by atoms with Crippen molar-refractivity contribution in [2.45, 2.75) is 46.0 Å². The lowest BCUT2D eigenvalue weighted by Gasteiger charge is -2.14. The van der Waals surface area contributed by atoms with Crippen LogP contribution in [0.15, 0.2) is 4.47 Å². The molecule has 0 saturated heterocycles. The summed E-state index contributed by atoms with van der Waals surface area (Å²) >= 11 is 3.61. The van der Waals surface area contributed by atoms with E-state index < -0.39 is 0 Å². The largest absolute Gasteiger partial charge is 0.369 e. The third-order valence-corrected chi connectivity index (χ3v) is 3.76. The Balaban J connectivity index is 2.32. The summed E-state index contributed by atoms with van der Waals surface area (Å²) in [5, 5.41) is 3.31. The maximum atomic E-state index is 4.70. The van der Waals surface area contributed by atoms with Crippen LogP contribution in [0.2, 0.25) is 0 Å². The van der Waals surface area contributed by atoms with Crippen molar-refractivity contribution >= 4 is 21.7 Å². The van der Waals surface area contributed by atoms with Crippen LogP contribution >= 0.6 is 15.9 Å². The number of halogens is 1. The van der Waals surface area contributed by atoms with Gasteiger partial charge in [0.2, 0.25) is 0 Å². The second kappa shape index (κ2) is 5.34. The lowest BCUT2D eigenvalue weighted by atomic mass is 10.1. The molecular weight excluding hydrogens is 278 g/mol. The normalized spacial score (nSPS) is 15.4. The van der Waals surface area contributed by atoms with Crippen LogP contribution in [0.5, 0.6) is 0 Å². The molecule has 1 saturated carbocycles. The first kappa shape index (κ1) is 12.8. The molecule has 0 aromatic carbocycles. The molecule has 3 nitrogen and oxygen atoms in total. The van der Waals surface area contributed by atoms with Gasteiger partial charge in [0.15, 0.2) is 0 Å². The zero-order valence-corrected chi connectivity index (χ0v) is 12.3. The van der Waals surface area contributed by atoms with Gasteiger partial charge in [-0.2, -0.15) is 0 Å². The predicted octanol–water partition coefficient (Wildman–Crippen LogP) is 3.75. The first-order valence-electron chi connectivity index (χ1n) is 6.42. The van der Waals surface area contributed by atoms with Crippen molar-refractivity contribution in [2.24, 2.45) is 5.92 Å². The minimum Gasteiger partial charge on any atom is -0.369 e. The highest BCUT2D eigenvalue weighted by molar-refractivity contribution is 9.10. The third kappa shape index (κ3) is 3.18. The van der Waals surface area contributed by atoms with Gasteiger partial charge in [-0.25, -0.2) is 9.97 Å². The van der Waals surface area contributed by atoms with Crippen LogP contribution in [0.25, 0.3) is 0 Å². The van der Waals surface area contributed by atoms with E-state index in [2.05, 4.69) is 47.0 Å². The summed E-state index contributed by atoms with van der Waals surface area (Å²) in [6.07, 6.45) is 3.71. The van der Waals surface area contributed by atoms with Crippen LogP contribution in [-0.4, -0.2) is 16.5 Å². The van der Waals surface area contributed by atoms with Crippen molar-refractivity contribution in [3.05, 3.63) is 16.0 Å². The Morgan fingerprint density at radius 1 is 1.35 bits per heavy atom. The molecule has 0 bridgehead atoms. The molecule has 0 amide bonds. The Kier molecular flexibility index (Phi) is 4.02. The molecule has 0 atom stereocenters. The fraction of sp³-hybridized carbons (Fsp3) is 0.692. The van der Waals surface area contributed by atoms with E-state index in [4.69, 9.17) is 4.98 Å². The SMILES string of the molecule is CCNc1nc(CC2CC2)nc(C(C)C)c1Br. The highest BCUT2D eigenvalue weighted by Crippen LogP contribution is 2.34. The van der Waals surface area contributed by atoms with Gasteiger partial charge >= 0.3 is 0 Å². The van der Waals surface area contributed by atoms with Crippen LogP contribution in [0.4, 0.5) is 5.82 Å². The molecule has 0 radical (unpaired) electrons. The van der Waals surface area contributed by atoms with Crippen molar-refractivity contribution in [1.82, 2.24) is 9.97 Å². The molecule has 0 unspecified atom stereocenters. The minimum atomic E-state index is 0.419. The molecule has 1 aromatic heterocycles. The number of nitrogens with zero attached hydrogens (tertiary/aromatic N) is 2. The summed E-state index contributed by atoms with van der Waals surface area (Å²) in [5.74, 6) is 3.19. The van der Waals surface area contributed by atoms with Crippen molar-refractivity contribution in [2.75, 3.05) is 11.9 Å². The molecule has 1 N–H and O–H groups in total. The number of hydrogen-bond donors (Lipinski definition) is 1. The molecular formula is C13H20BrN3. The van der Waals surface area contributed by atoms with Crippen LogP contribution in [0.1, 0.15) is 51.0 Å². The maximum Gasteiger partial charge on any atom is 0.144 e. The summed E-state index contributed by atoms with van der Waals surface area (Å²) in [4.78, 5) is 9.31. The molecule has 94 valence electrons. The average molecular weight is 298 g/mol. The van der Waals surface area contributed by atoms with Gasteiger partial charge in [-0.3, -0.25) is 0 Å². The third-order valence-electron chi connectivity index (χ3n) is 2.98. The smallest absolute Gasteiger partial charge is 0.144 e. The van der Waals surface area contributed by atoms with Crippen LogP contribution in [0, 0.1) is 5.92 Å². The van der Waals surface area contributed by atoms with E-state index in [0.29, 0.717) is 5.92 Å². The van der Waals surface area contributed by atoms with Crippen molar-refractivity contribution in [3.8, 4) is 0 Å². The van der Waals surface area contributed by atoms with Crippen molar-refractivity contribution in [3.63, 3.8) is 0 Å². The molecule has 1 fully saturated rings. The second-order valence-electron chi connectivity index (χ2n) is 5.02. The van der Waals surface area contributed by atoms with E-state index in [1.165, 1.54) is 12.8 Å². The Morgan fingerprint density at radius 3 is 2.59 bits per heavy atom. The average Bonchev–Trinajstić information content (AvgIpc) is 3.06. The maximum absolute atomic E-state index is 4.70. The van der Waals surface area contributed by atoms with E-state index in [1.54, 1.807) is 0 Å². The van der Waals surface area contributed by atoms with Gasteiger partial charge in [0.05, 0.1) is 10.2 Å². The van der Waals surface area contributed by atoms with Crippen molar-refractivity contribution < 1.29 is 0 Å². The lowest BCUT2D eigenvalue weighted by molar-refractivity contribution is 0.729. The minimum absolute atomic E-state index is 0.419. The Hall–Kier alpha value is -0.640. The Morgan fingerprint density at radius 2 is 2.06 bits per heavy atom. The lowest BCUT2D eigenvalue weighted by Crippen LogP contribution is -2.09. The van der Waals surface area contributed by atoms with Crippen LogP contribution in [-0.2, 0) is 6.42 Å². The molecule has 1 aromatic rings.